The fraction of sp³-hybridized carbons (Fsp3) is 0.692. The van der Waals surface area contributed by atoms with E-state index in [-0.39, 0.29) is 51.8 Å². The summed E-state index contributed by atoms with van der Waals surface area (Å²) in [6, 6.07) is 6.49. The number of carbonyl (C=O) groups is 2. The van der Waals surface area contributed by atoms with Crippen molar-refractivity contribution in [1.29, 1.82) is 0 Å². The van der Waals surface area contributed by atoms with Gasteiger partial charge in [0.25, 0.3) is 0 Å². The van der Waals surface area contributed by atoms with Gasteiger partial charge in [-0.25, -0.2) is 4.79 Å². The molecule has 4 N–H and O–H groups in total. The van der Waals surface area contributed by atoms with E-state index in [1.165, 1.54) is 11.6 Å². The van der Waals surface area contributed by atoms with Crippen molar-refractivity contribution in [3.05, 3.63) is 47.6 Å². The third-order valence-corrected chi connectivity index (χ3v) is 14.7. The fourth-order valence-electron chi connectivity index (χ4n) is 11.9. The lowest BCUT2D eigenvalue weighted by molar-refractivity contribution is -0.249. The molecule has 5 aliphatic rings. The molecule has 5 aliphatic carbocycles. The number of phenols is 1. The highest BCUT2D eigenvalue weighted by Crippen LogP contribution is 2.75. The van der Waals surface area contributed by atoms with Crippen LogP contribution >= 0.6 is 0 Å². The minimum Gasteiger partial charge on any atom is -0.508 e. The molecule has 0 amide bonds. The Morgan fingerprint density at radius 1 is 0.935 bits per heavy atom. The van der Waals surface area contributed by atoms with Crippen LogP contribution in [0.3, 0.4) is 0 Å². The van der Waals surface area contributed by atoms with Crippen LogP contribution in [0.2, 0.25) is 0 Å². The second-order valence-corrected chi connectivity index (χ2v) is 17.4. The number of allylic oxidation sites excluding steroid dienone is 2. The van der Waals surface area contributed by atoms with Crippen LogP contribution in [0.4, 0.5) is 0 Å². The van der Waals surface area contributed by atoms with E-state index in [1.807, 2.05) is 6.92 Å². The normalized spacial score (nSPS) is 44.6. The topological polar surface area (TPSA) is 124 Å². The second kappa shape index (κ2) is 10.9. The molecule has 0 aromatic heterocycles. The quantitative estimate of drug-likeness (QED) is 0.154. The molecular weight excluding hydrogens is 580 g/mol. The van der Waals surface area contributed by atoms with Gasteiger partial charge in [-0.2, -0.15) is 0 Å². The molecule has 4 fully saturated rings. The van der Waals surface area contributed by atoms with Crippen molar-refractivity contribution in [3.63, 3.8) is 0 Å². The monoisotopic (exact) mass is 634 g/mol. The molecule has 10 atom stereocenters. The Kier molecular flexibility index (Phi) is 7.92. The molecule has 1 aromatic rings. The lowest BCUT2D eigenvalue weighted by Gasteiger charge is -2.71. The van der Waals surface area contributed by atoms with Crippen molar-refractivity contribution in [2.24, 2.45) is 50.2 Å². The Bertz CT molecular complexity index is 1440. The number of aliphatic hydroxyl groups excluding tert-OH is 2. The number of aliphatic carboxylic acids is 1. The standard InChI is InChI=1S/C39H54O7/c1-34(2)17-19-39(33(44)45)20-18-37(5)26(27(39)21-34)12-13-30-35(3)22-28(42)32(36(4,23-40)29(35)15-16-38(30,37)6)46-31(43)14-9-24-7-10-25(41)11-8-24/h7-12,14,27-30,32,40-42H,13,15-23H2,1-6H3,(H,44,45)/t27-,28-,29-,30-,32-,35+,36+,37+,38+,39+/m1/s1. The number of aromatic hydroxyl groups is 1. The Morgan fingerprint density at radius 3 is 2.26 bits per heavy atom. The van der Waals surface area contributed by atoms with Gasteiger partial charge in [-0.3, -0.25) is 4.79 Å². The van der Waals surface area contributed by atoms with E-state index in [4.69, 9.17) is 4.74 Å². The van der Waals surface area contributed by atoms with Crippen molar-refractivity contribution in [2.75, 3.05) is 6.61 Å². The maximum Gasteiger partial charge on any atom is 0.331 e. The number of carboxylic acid groups (broad SMARTS) is 1. The number of esters is 1. The van der Waals surface area contributed by atoms with Gasteiger partial charge in [-0.05, 0) is 121 Å². The molecule has 0 bridgehead atoms. The first-order chi connectivity index (χ1) is 21.5. The van der Waals surface area contributed by atoms with E-state index in [9.17, 15) is 30.0 Å². The molecule has 0 heterocycles. The van der Waals surface area contributed by atoms with Crippen molar-refractivity contribution in [3.8, 4) is 5.75 Å². The van der Waals surface area contributed by atoms with E-state index < -0.39 is 35.0 Å². The summed E-state index contributed by atoms with van der Waals surface area (Å²) in [4.78, 5) is 26.0. The molecule has 4 saturated carbocycles. The molecule has 1 aromatic carbocycles. The van der Waals surface area contributed by atoms with E-state index in [1.54, 1.807) is 30.3 Å². The first kappa shape index (κ1) is 33.3. The zero-order valence-electron chi connectivity index (χ0n) is 28.5. The number of phenolic OH excluding ortho intramolecular Hbond substituents is 1. The van der Waals surface area contributed by atoms with Crippen LogP contribution in [-0.2, 0) is 14.3 Å². The number of hydrogen-bond donors (Lipinski definition) is 4. The number of ether oxygens (including phenoxy) is 1. The first-order valence-electron chi connectivity index (χ1n) is 17.4. The van der Waals surface area contributed by atoms with Crippen LogP contribution in [0.15, 0.2) is 42.0 Å². The summed E-state index contributed by atoms with van der Waals surface area (Å²) in [5.41, 5.74) is 0.128. The number of benzene rings is 1. The van der Waals surface area contributed by atoms with E-state index >= 15 is 0 Å². The summed E-state index contributed by atoms with van der Waals surface area (Å²) in [6.07, 6.45) is 10.8. The molecule has 6 rings (SSSR count). The van der Waals surface area contributed by atoms with E-state index in [0.29, 0.717) is 12.8 Å². The van der Waals surface area contributed by atoms with Crippen LogP contribution in [0.1, 0.15) is 105 Å². The largest absolute Gasteiger partial charge is 0.508 e. The van der Waals surface area contributed by atoms with Crippen LogP contribution < -0.4 is 0 Å². The van der Waals surface area contributed by atoms with Gasteiger partial charge >= 0.3 is 11.9 Å². The Balaban J connectivity index is 1.31. The zero-order valence-corrected chi connectivity index (χ0v) is 28.5. The fourth-order valence-corrected chi connectivity index (χ4v) is 11.9. The predicted octanol–water partition coefficient (Wildman–Crippen LogP) is 7.15. The third-order valence-electron chi connectivity index (χ3n) is 14.7. The summed E-state index contributed by atoms with van der Waals surface area (Å²) in [5, 5.41) is 42.9. The minimum atomic E-state index is -0.935. The maximum absolute atomic E-state index is 13.1. The molecule has 7 nitrogen and oxygen atoms in total. The van der Waals surface area contributed by atoms with Gasteiger partial charge in [0.05, 0.1) is 18.1 Å². The van der Waals surface area contributed by atoms with Crippen molar-refractivity contribution >= 4 is 18.0 Å². The Morgan fingerprint density at radius 2 is 1.61 bits per heavy atom. The molecule has 252 valence electrons. The van der Waals surface area contributed by atoms with Gasteiger partial charge in [0.2, 0.25) is 0 Å². The van der Waals surface area contributed by atoms with Crippen molar-refractivity contribution in [2.45, 2.75) is 112 Å². The number of hydrogen-bond acceptors (Lipinski definition) is 6. The average molecular weight is 635 g/mol. The molecule has 46 heavy (non-hydrogen) atoms. The van der Waals surface area contributed by atoms with Gasteiger partial charge in [-0.15, -0.1) is 0 Å². The zero-order chi connectivity index (χ0) is 33.5. The summed E-state index contributed by atoms with van der Waals surface area (Å²) in [7, 11) is 0. The number of fused-ring (bicyclic) bond motifs is 7. The second-order valence-electron chi connectivity index (χ2n) is 17.4. The van der Waals surface area contributed by atoms with Crippen LogP contribution in [-0.4, -0.2) is 51.2 Å². The number of aliphatic hydroxyl groups is 2. The van der Waals surface area contributed by atoms with Gasteiger partial charge in [0.1, 0.15) is 11.9 Å². The lowest BCUT2D eigenvalue weighted by atomic mass is 9.33. The number of carbonyl (C=O) groups excluding carboxylic acids is 1. The number of carboxylic acids is 1. The summed E-state index contributed by atoms with van der Waals surface area (Å²) < 4.78 is 5.98. The van der Waals surface area contributed by atoms with E-state index in [0.717, 1.165) is 50.5 Å². The summed E-state index contributed by atoms with van der Waals surface area (Å²) >= 11 is 0. The van der Waals surface area contributed by atoms with Gasteiger partial charge in [0.15, 0.2) is 0 Å². The van der Waals surface area contributed by atoms with Gasteiger partial charge < -0.3 is 25.2 Å². The highest BCUT2D eigenvalue weighted by Gasteiger charge is 2.71. The molecule has 0 aliphatic heterocycles. The third kappa shape index (κ3) is 4.73. The van der Waals surface area contributed by atoms with Crippen LogP contribution in [0, 0.1) is 50.2 Å². The van der Waals surface area contributed by atoms with Gasteiger partial charge in [0, 0.05) is 11.5 Å². The smallest absolute Gasteiger partial charge is 0.331 e. The molecule has 0 saturated heterocycles. The molecule has 7 heteroatoms. The highest BCUT2D eigenvalue weighted by molar-refractivity contribution is 5.87. The molecule has 0 spiro atoms. The predicted molar refractivity (Wildman–Crippen MR) is 176 cm³/mol. The Labute approximate surface area is 274 Å². The Hall–Kier alpha value is -2.64. The highest BCUT2D eigenvalue weighted by atomic mass is 16.6. The van der Waals surface area contributed by atoms with Crippen molar-refractivity contribution in [1.82, 2.24) is 0 Å². The summed E-state index contributed by atoms with van der Waals surface area (Å²) in [6.45, 7) is 13.5. The van der Waals surface area contributed by atoms with Crippen LogP contribution in [0.25, 0.3) is 6.08 Å². The summed E-state index contributed by atoms with van der Waals surface area (Å²) in [5.74, 6) is -0.769. The molecule has 0 unspecified atom stereocenters. The van der Waals surface area contributed by atoms with Crippen molar-refractivity contribution < 1.29 is 34.8 Å². The van der Waals surface area contributed by atoms with Gasteiger partial charge in [-0.1, -0.05) is 65.3 Å². The SMILES string of the molecule is CC1(C)CC[C@]2(C(=O)O)CC[C@@]3(C)C(=CC[C@@H]4[C@@]5(C)C[C@@H](O)[C@@H](OC(=O)C=Cc6ccc(O)cc6)[C@@](C)(CO)[C@@H]5CC[C@@]43C)[C@H]2C1. The lowest BCUT2D eigenvalue weighted by Crippen LogP contribution is -2.68. The molecular formula is C39H54O7. The van der Waals surface area contributed by atoms with E-state index in [2.05, 4.69) is 40.7 Å². The van der Waals surface area contributed by atoms with Crippen LogP contribution in [0.5, 0.6) is 5.75 Å². The first-order valence-corrected chi connectivity index (χ1v) is 17.4. The molecule has 0 radical (unpaired) electrons. The number of rotatable bonds is 5. The minimum absolute atomic E-state index is 0.0271. The average Bonchev–Trinajstić information content (AvgIpc) is 2.98. The maximum atomic E-state index is 13.1.